The molecule has 0 aromatic rings. The Bertz CT molecular complexity index is 273. The number of nitrogens with two attached hydrogens (primary N) is 1. The van der Waals surface area contributed by atoms with Crippen LogP contribution in [0, 0.1) is 5.92 Å². The van der Waals surface area contributed by atoms with Crippen LogP contribution in [0.1, 0.15) is 26.7 Å². The molecule has 1 saturated heterocycles. The first kappa shape index (κ1) is 16.2. The van der Waals surface area contributed by atoms with E-state index in [2.05, 4.69) is 19.2 Å². The van der Waals surface area contributed by atoms with E-state index in [1.54, 1.807) is 0 Å². The summed E-state index contributed by atoms with van der Waals surface area (Å²) in [6.45, 7) is 4.98. The molecule has 17 heavy (non-hydrogen) atoms. The van der Waals surface area contributed by atoms with Crippen molar-refractivity contribution in [2.24, 2.45) is 11.7 Å². The zero-order valence-electron chi connectivity index (χ0n) is 10.4. The molecule has 0 aromatic carbocycles. The highest BCUT2D eigenvalue weighted by molar-refractivity contribution is 5.86. The van der Waals surface area contributed by atoms with Gasteiger partial charge in [0, 0.05) is 12.6 Å². The van der Waals surface area contributed by atoms with Gasteiger partial charge in [-0.05, 0) is 25.7 Å². The van der Waals surface area contributed by atoms with Crippen LogP contribution in [0.2, 0.25) is 0 Å². The molecule has 0 saturated carbocycles. The summed E-state index contributed by atoms with van der Waals surface area (Å²) in [5.74, 6) is 0.247. The fourth-order valence-corrected chi connectivity index (χ4v) is 1.98. The third-order valence-electron chi connectivity index (χ3n) is 3.06. The first-order valence-corrected chi connectivity index (χ1v) is 5.80. The van der Waals surface area contributed by atoms with Gasteiger partial charge in [0.25, 0.3) is 0 Å². The monoisotopic (exact) mass is 263 g/mol. The Morgan fingerprint density at radius 3 is 2.59 bits per heavy atom. The highest BCUT2D eigenvalue weighted by Gasteiger charge is 2.26. The van der Waals surface area contributed by atoms with E-state index < -0.39 is 0 Å². The minimum Gasteiger partial charge on any atom is -0.346 e. The van der Waals surface area contributed by atoms with Crippen molar-refractivity contribution in [2.45, 2.75) is 32.7 Å². The average Bonchev–Trinajstić information content (AvgIpc) is 2.28. The number of piperidine rings is 1. The summed E-state index contributed by atoms with van der Waals surface area (Å²) in [4.78, 5) is 24.6. The molecule has 3 N–H and O–H groups in total. The summed E-state index contributed by atoms with van der Waals surface area (Å²) < 4.78 is 0. The lowest BCUT2D eigenvalue weighted by Crippen LogP contribution is -2.49. The topological polar surface area (TPSA) is 75.4 Å². The summed E-state index contributed by atoms with van der Waals surface area (Å²) in [5.41, 5.74) is 5.15. The highest BCUT2D eigenvalue weighted by atomic mass is 35.5. The second-order valence-corrected chi connectivity index (χ2v) is 4.56. The molecule has 100 valence electrons. The number of carbonyl (C=O) groups excluding carboxylic acids is 2. The molecule has 0 aromatic heterocycles. The molecule has 1 aliphatic rings. The predicted octanol–water partition coefficient (Wildman–Crippen LogP) is 0.130. The van der Waals surface area contributed by atoms with Gasteiger partial charge in [0.2, 0.25) is 11.8 Å². The van der Waals surface area contributed by atoms with Gasteiger partial charge < -0.3 is 16.0 Å². The van der Waals surface area contributed by atoms with Crippen LogP contribution in [-0.2, 0) is 9.59 Å². The molecule has 1 aliphatic heterocycles. The van der Waals surface area contributed by atoms with Crippen LogP contribution in [0.3, 0.4) is 0 Å². The third kappa shape index (κ3) is 4.91. The minimum atomic E-state index is -0.286. The molecular weight excluding hydrogens is 242 g/mol. The van der Waals surface area contributed by atoms with Gasteiger partial charge in [0.05, 0.1) is 13.1 Å². The zero-order chi connectivity index (χ0) is 12.1. The van der Waals surface area contributed by atoms with Crippen LogP contribution in [0.5, 0.6) is 0 Å². The van der Waals surface area contributed by atoms with E-state index in [0.29, 0.717) is 5.92 Å². The number of hydrogen-bond acceptors (Lipinski definition) is 3. The van der Waals surface area contributed by atoms with E-state index in [0.717, 1.165) is 13.0 Å². The maximum atomic E-state index is 11.8. The molecule has 2 atom stereocenters. The van der Waals surface area contributed by atoms with Gasteiger partial charge in [-0.25, -0.2) is 0 Å². The number of nitrogens with zero attached hydrogens (tertiary/aromatic N) is 1. The Labute approximate surface area is 109 Å². The van der Waals surface area contributed by atoms with Crippen molar-refractivity contribution in [1.82, 2.24) is 10.2 Å². The van der Waals surface area contributed by atoms with E-state index in [-0.39, 0.29) is 43.4 Å². The predicted molar refractivity (Wildman–Crippen MR) is 68.9 cm³/mol. The van der Waals surface area contributed by atoms with Crippen LogP contribution in [0.25, 0.3) is 0 Å². The highest BCUT2D eigenvalue weighted by Crippen LogP contribution is 2.20. The van der Waals surface area contributed by atoms with Gasteiger partial charge in [-0.15, -0.1) is 12.4 Å². The van der Waals surface area contributed by atoms with Gasteiger partial charge in [-0.2, -0.15) is 0 Å². The lowest BCUT2D eigenvalue weighted by molar-refractivity contribution is -0.136. The SMILES string of the molecule is CC1CCC(C)N(C(=O)CNC(=O)CN)C1.Cl. The summed E-state index contributed by atoms with van der Waals surface area (Å²) >= 11 is 0. The molecule has 0 radical (unpaired) electrons. The van der Waals surface area contributed by atoms with Crippen LogP contribution >= 0.6 is 12.4 Å². The summed E-state index contributed by atoms with van der Waals surface area (Å²) in [7, 11) is 0. The fourth-order valence-electron chi connectivity index (χ4n) is 1.98. The Balaban J connectivity index is 0.00000256. The van der Waals surface area contributed by atoms with Gasteiger partial charge in [-0.3, -0.25) is 9.59 Å². The molecule has 6 heteroatoms. The van der Waals surface area contributed by atoms with E-state index >= 15 is 0 Å². The second kappa shape index (κ2) is 7.50. The van der Waals surface area contributed by atoms with Crippen molar-refractivity contribution in [3.8, 4) is 0 Å². The summed E-state index contributed by atoms with van der Waals surface area (Å²) in [5, 5.41) is 2.51. The van der Waals surface area contributed by atoms with Crippen molar-refractivity contribution in [3.05, 3.63) is 0 Å². The van der Waals surface area contributed by atoms with Gasteiger partial charge in [0.1, 0.15) is 0 Å². The standard InChI is InChI=1S/C11H21N3O2.ClH/c1-8-3-4-9(2)14(7-8)11(16)6-13-10(15)5-12;/h8-9H,3-7,12H2,1-2H3,(H,13,15);1H. The van der Waals surface area contributed by atoms with Crippen molar-refractivity contribution in [3.63, 3.8) is 0 Å². The number of halogens is 1. The van der Waals surface area contributed by atoms with Crippen LogP contribution in [0.4, 0.5) is 0 Å². The molecule has 0 aliphatic carbocycles. The van der Waals surface area contributed by atoms with Crippen LogP contribution in [-0.4, -0.2) is 42.4 Å². The Morgan fingerprint density at radius 1 is 1.35 bits per heavy atom. The van der Waals surface area contributed by atoms with Crippen molar-refractivity contribution >= 4 is 24.2 Å². The van der Waals surface area contributed by atoms with E-state index in [1.165, 1.54) is 6.42 Å². The molecule has 0 spiro atoms. The second-order valence-electron chi connectivity index (χ2n) is 4.56. The maximum absolute atomic E-state index is 11.8. The number of nitrogens with one attached hydrogen (secondary N) is 1. The summed E-state index contributed by atoms with van der Waals surface area (Å²) in [6.07, 6.45) is 2.21. The van der Waals surface area contributed by atoms with Crippen LogP contribution in [0.15, 0.2) is 0 Å². The summed E-state index contributed by atoms with van der Waals surface area (Å²) in [6, 6.07) is 0.276. The lowest BCUT2D eigenvalue weighted by Gasteiger charge is -2.36. The molecule has 2 unspecified atom stereocenters. The van der Waals surface area contributed by atoms with Gasteiger partial charge in [0.15, 0.2) is 0 Å². The number of rotatable bonds is 3. The molecule has 1 rings (SSSR count). The Hall–Kier alpha value is -0.810. The van der Waals surface area contributed by atoms with E-state index in [9.17, 15) is 9.59 Å². The van der Waals surface area contributed by atoms with Crippen LogP contribution < -0.4 is 11.1 Å². The normalized spacial score (nSPS) is 23.8. The Kier molecular flexibility index (Phi) is 7.15. The van der Waals surface area contributed by atoms with Gasteiger partial charge in [-0.1, -0.05) is 6.92 Å². The fraction of sp³-hybridized carbons (Fsp3) is 0.818. The lowest BCUT2D eigenvalue weighted by atomic mass is 9.95. The van der Waals surface area contributed by atoms with Gasteiger partial charge >= 0.3 is 0 Å². The number of hydrogen-bond donors (Lipinski definition) is 2. The number of carbonyl (C=O) groups is 2. The average molecular weight is 264 g/mol. The molecule has 2 amide bonds. The van der Waals surface area contributed by atoms with E-state index in [4.69, 9.17) is 5.73 Å². The van der Waals surface area contributed by atoms with Crippen molar-refractivity contribution < 1.29 is 9.59 Å². The van der Waals surface area contributed by atoms with Crippen molar-refractivity contribution in [2.75, 3.05) is 19.6 Å². The number of likely N-dealkylation sites (tertiary alicyclic amines) is 1. The first-order valence-electron chi connectivity index (χ1n) is 5.80. The Morgan fingerprint density at radius 2 is 2.00 bits per heavy atom. The van der Waals surface area contributed by atoms with Crippen molar-refractivity contribution in [1.29, 1.82) is 0 Å². The zero-order valence-corrected chi connectivity index (χ0v) is 11.3. The molecular formula is C11H22ClN3O2. The maximum Gasteiger partial charge on any atom is 0.242 e. The third-order valence-corrected chi connectivity index (χ3v) is 3.06. The molecule has 1 heterocycles. The first-order chi connectivity index (χ1) is 7.54. The molecule has 0 bridgehead atoms. The van der Waals surface area contributed by atoms with E-state index in [1.807, 2.05) is 4.90 Å². The molecule has 1 fully saturated rings. The molecule has 5 nitrogen and oxygen atoms in total. The minimum absolute atomic E-state index is 0. The number of amides is 2. The quantitative estimate of drug-likeness (QED) is 0.760. The smallest absolute Gasteiger partial charge is 0.242 e. The largest absolute Gasteiger partial charge is 0.346 e.